The van der Waals surface area contributed by atoms with Crippen LogP contribution in [0.25, 0.3) is 98.6 Å². The topological polar surface area (TPSA) is 12.9 Å². The molecule has 1 nitrogen and oxygen atoms in total. The van der Waals surface area contributed by atoms with Crippen LogP contribution in [0, 0.1) is 0 Å². The van der Waals surface area contributed by atoms with Gasteiger partial charge in [-0.1, -0.05) is 188 Å². The summed E-state index contributed by atoms with van der Waals surface area (Å²) in [5, 5.41) is 11.3. The molecule has 0 radical (unpaired) electrons. The Bertz CT molecular complexity index is 3470. The van der Waals surface area contributed by atoms with Gasteiger partial charge in [-0.2, -0.15) is 0 Å². The zero-order valence-electron chi connectivity index (χ0n) is 31.0. The first-order valence-electron chi connectivity index (χ1n) is 19.9. The molecule has 0 bridgehead atoms. The van der Waals surface area contributed by atoms with Crippen molar-refractivity contribution in [3.8, 4) is 44.6 Å². The van der Waals surface area contributed by atoms with Crippen LogP contribution in [0.3, 0.4) is 0 Å². The van der Waals surface area contributed by atoms with Gasteiger partial charge in [0.1, 0.15) is 0 Å². The molecule has 0 saturated heterocycles. The molecule has 57 heavy (non-hydrogen) atoms. The molecular weight excluding hydrogens is 687 g/mol. The molecule has 2 aliphatic carbocycles. The van der Waals surface area contributed by atoms with Crippen molar-refractivity contribution < 1.29 is 0 Å². The first-order valence-corrected chi connectivity index (χ1v) is 19.9. The summed E-state index contributed by atoms with van der Waals surface area (Å²) in [7, 11) is 0. The van der Waals surface area contributed by atoms with E-state index >= 15 is 0 Å². The number of aromatic nitrogens is 1. The van der Waals surface area contributed by atoms with Crippen molar-refractivity contribution in [3.63, 3.8) is 0 Å². The van der Waals surface area contributed by atoms with E-state index in [0.717, 1.165) is 22.2 Å². The summed E-state index contributed by atoms with van der Waals surface area (Å²) in [5.74, 6) is 0. The summed E-state index contributed by atoms with van der Waals surface area (Å²) in [5.41, 5.74) is 15.9. The van der Waals surface area contributed by atoms with E-state index in [1.807, 2.05) is 0 Å². The lowest BCUT2D eigenvalue weighted by atomic mass is 9.68. The van der Waals surface area contributed by atoms with E-state index in [2.05, 4.69) is 200 Å². The monoisotopic (exact) mass is 719 g/mol. The number of hydrogen-bond acceptors (Lipinski definition) is 1. The summed E-state index contributed by atoms with van der Waals surface area (Å²) in [6.07, 6.45) is 0. The second-order valence-corrected chi connectivity index (χ2v) is 15.7. The SMILES string of the molecule is c1ccc2c(c1)-c1ccccc1C21c2c(cc(-c3ccc(-c4ccc5ccc6ccccc6c5n4)cc3)c3ccccc23)-c2c1c1ccccc1c1ccccc21. The van der Waals surface area contributed by atoms with Crippen LogP contribution in [-0.4, -0.2) is 4.98 Å². The fourth-order valence-corrected chi connectivity index (χ4v) is 10.8. The van der Waals surface area contributed by atoms with Gasteiger partial charge < -0.3 is 0 Å². The molecule has 0 saturated carbocycles. The van der Waals surface area contributed by atoms with Crippen molar-refractivity contribution >= 4 is 54.0 Å². The van der Waals surface area contributed by atoms with Gasteiger partial charge in [-0.25, -0.2) is 4.98 Å². The van der Waals surface area contributed by atoms with Crippen LogP contribution in [0.5, 0.6) is 0 Å². The van der Waals surface area contributed by atoms with Crippen LogP contribution in [0.2, 0.25) is 0 Å². The average molecular weight is 720 g/mol. The number of rotatable bonds is 2. The van der Waals surface area contributed by atoms with Gasteiger partial charge in [0.2, 0.25) is 0 Å². The normalized spacial score (nSPS) is 13.4. The van der Waals surface area contributed by atoms with Crippen molar-refractivity contribution in [3.05, 3.63) is 222 Å². The third-order valence-electron chi connectivity index (χ3n) is 13.0. The fraction of sp³-hybridized carbons (Fsp3) is 0.0179. The number of hydrogen-bond donors (Lipinski definition) is 0. The highest BCUT2D eigenvalue weighted by atomic mass is 14.7. The van der Waals surface area contributed by atoms with Gasteiger partial charge in [-0.3, -0.25) is 0 Å². The van der Waals surface area contributed by atoms with E-state index in [0.29, 0.717) is 0 Å². The molecule has 0 fully saturated rings. The summed E-state index contributed by atoms with van der Waals surface area (Å²) in [4.78, 5) is 5.23. The molecule has 2 aliphatic rings. The van der Waals surface area contributed by atoms with Crippen LogP contribution in [0.15, 0.2) is 200 Å². The first kappa shape index (κ1) is 30.9. The van der Waals surface area contributed by atoms with Crippen LogP contribution in [-0.2, 0) is 5.41 Å². The molecule has 13 rings (SSSR count). The van der Waals surface area contributed by atoms with Crippen LogP contribution < -0.4 is 0 Å². The van der Waals surface area contributed by atoms with Crippen molar-refractivity contribution in [1.29, 1.82) is 0 Å². The van der Waals surface area contributed by atoms with Crippen molar-refractivity contribution in [2.45, 2.75) is 5.41 Å². The Labute approximate surface area is 330 Å². The molecule has 0 aliphatic heterocycles. The molecule has 10 aromatic carbocycles. The molecule has 262 valence electrons. The highest BCUT2D eigenvalue weighted by Crippen LogP contribution is 2.67. The van der Waals surface area contributed by atoms with Gasteiger partial charge in [0.05, 0.1) is 16.6 Å². The molecule has 0 N–H and O–H groups in total. The van der Waals surface area contributed by atoms with Crippen LogP contribution in [0.4, 0.5) is 0 Å². The lowest BCUT2D eigenvalue weighted by molar-refractivity contribution is 0.809. The lowest BCUT2D eigenvalue weighted by Crippen LogP contribution is -2.26. The first-order chi connectivity index (χ1) is 28.3. The number of nitrogens with zero attached hydrogens (tertiary/aromatic N) is 1. The summed E-state index contributed by atoms with van der Waals surface area (Å²) < 4.78 is 0. The van der Waals surface area contributed by atoms with Gasteiger partial charge >= 0.3 is 0 Å². The van der Waals surface area contributed by atoms with Gasteiger partial charge in [0.15, 0.2) is 0 Å². The molecule has 1 heterocycles. The minimum Gasteiger partial charge on any atom is -0.247 e. The molecule has 0 atom stereocenters. The smallest absolute Gasteiger partial charge is 0.0787 e. The third kappa shape index (κ3) is 4.00. The third-order valence-corrected chi connectivity index (χ3v) is 13.0. The zero-order valence-corrected chi connectivity index (χ0v) is 31.0. The number of pyridine rings is 1. The van der Waals surface area contributed by atoms with Gasteiger partial charge in [0, 0.05) is 16.3 Å². The van der Waals surface area contributed by atoms with E-state index in [4.69, 9.17) is 4.98 Å². The van der Waals surface area contributed by atoms with Crippen LogP contribution >= 0.6 is 0 Å². The Hall–Kier alpha value is -7.35. The summed E-state index contributed by atoms with van der Waals surface area (Å²) in [6, 6.07) is 74.4. The van der Waals surface area contributed by atoms with E-state index in [-0.39, 0.29) is 0 Å². The van der Waals surface area contributed by atoms with E-state index < -0.39 is 5.41 Å². The zero-order chi connectivity index (χ0) is 37.2. The molecule has 1 aromatic heterocycles. The van der Waals surface area contributed by atoms with E-state index in [1.54, 1.807) is 0 Å². The predicted molar refractivity (Wildman–Crippen MR) is 239 cm³/mol. The van der Waals surface area contributed by atoms with Crippen molar-refractivity contribution in [1.82, 2.24) is 4.98 Å². The maximum Gasteiger partial charge on any atom is 0.0787 e. The Kier molecular flexibility index (Phi) is 6.16. The lowest BCUT2D eigenvalue weighted by Gasteiger charge is -2.33. The quantitative estimate of drug-likeness (QED) is 0.162. The van der Waals surface area contributed by atoms with E-state index in [9.17, 15) is 0 Å². The largest absolute Gasteiger partial charge is 0.247 e. The molecule has 1 heteroatoms. The molecule has 11 aromatic rings. The fourth-order valence-electron chi connectivity index (χ4n) is 10.8. The molecule has 0 amide bonds. The van der Waals surface area contributed by atoms with Gasteiger partial charge in [-0.15, -0.1) is 0 Å². The number of fused-ring (bicyclic) bond motifs is 20. The minimum absolute atomic E-state index is 0.491. The maximum absolute atomic E-state index is 5.23. The number of benzene rings is 10. The molecule has 0 unspecified atom stereocenters. The van der Waals surface area contributed by atoms with Crippen molar-refractivity contribution in [2.24, 2.45) is 0 Å². The minimum atomic E-state index is -0.491. The van der Waals surface area contributed by atoms with Gasteiger partial charge in [0.25, 0.3) is 0 Å². The second kappa shape index (κ2) is 11.4. The highest BCUT2D eigenvalue weighted by Gasteiger charge is 2.54. The Morgan fingerprint density at radius 1 is 0.316 bits per heavy atom. The summed E-state index contributed by atoms with van der Waals surface area (Å²) in [6.45, 7) is 0. The van der Waals surface area contributed by atoms with Crippen molar-refractivity contribution in [2.75, 3.05) is 0 Å². The highest BCUT2D eigenvalue weighted by molar-refractivity contribution is 6.22. The maximum atomic E-state index is 5.23. The second-order valence-electron chi connectivity index (χ2n) is 15.7. The standard InChI is InChI=1S/C56H33N/c1-2-14-38-34(13-1)27-30-37-31-32-51(57-55(37)38)36-28-25-35(26-29-36)47-33-48-52-44-20-6-3-15-39(44)40-16-4-8-22-46(40)54(52)56(53(48)45-21-7-5-17-41(45)47)49-23-11-9-18-42(49)43-19-10-12-24-50(43)56/h1-33H. The Morgan fingerprint density at radius 3 is 1.54 bits per heavy atom. The van der Waals surface area contributed by atoms with E-state index in [1.165, 1.54) is 98.7 Å². The summed E-state index contributed by atoms with van der Waals surface area (Å²) >= 11 is 0. The molecule has 1 spiro atoms. The van der Waals surface area contributed by atoms with Crippen LogP contribution in [0.1, 0.15) is 22.3 Å². The van der Waals surface area contributed by atoms with Gasteiger partial charge in [-0.05, 0) is 105 Å². The Morgan fingerprint density at radius 2 is 0.825 bits per heavy atom. The predicted octanol–water partition coefficient (Wildman–Crippen LogP) is 14.5. The average Bonchev–Trinajstić information content (AvgIpc) is 3.76. The Balaban J connectivity index is 1.11. The molecular formula is C56H33N.